The van der Waals surface area contributed by atoms with Gasteiger partial charge in [-0.15, -0.1) is 0 Å². The van der Waals surface area contributed by atoms with Gasteiger partial charge in [-0.1, -0.05) is 24.3 Å². The van der Waals surface area contributed by atoms with Gasteiger partial charge in [0.05, 0.1) is 22.4 Å². The molecule has 20 heavy (non-hydrogen) atoms. The van der Waals surface area contributed by atoms with Crippen LogP contribution < -0.4 is 4.90 Å². The normalized spacial score (nSPS) is 13.6. The Morgan fingerprint density at radius 2 is 1.35 bits per heavy atom. The van der Waals surface area contributed by atoms with Gasteiger partial charge in [0.1, 0.15) is 0 Å². The van der Waals surface area contributed by atoms with Gasteiger partial charge in [0, 0.05) is 0 Å². The molecule has 3 rings (SSSR count). The van der Waals surface area contributed by atoms with Crippen molar-refractivity contribution in [1.29, 1.82) is 0 Å². The highest BCUT2D eigenvalue weighted by Crippen LogP contribution is 2.31. The molecule has 2 amide bonds. The molecule has 2 aromatic rings. The standard InChI is InChI=1S/C15H8ClNO3/c16-13(18)11-7-3-4-8-12(11)17-14(19)9-5-1-2-6-10(9)15(17)20/h1-8H. The van der Waals surface area contributed by atoms with Crippen molar-refractivity contribution in [3.05, 3.63) is 65.2 Å². The fraction of sp³-hybridized carbons (Fsp3) is 0. The van der Waals surface area contributed by atoms with Gasteiger partial charge >= 0.3 is 0 Å². The van der Waals surface area contributed by atoms with Gasteiger partial charge in [-0.25, -0.2) is 4.90 Å². The van der Waals surface area contributed by atoms with Crippen LogP contribution in [0.3, 0.4) is 0 Å². The number of hydrogen-bond donors (Lipinski definition) is 0. The van der Waals surface area contributed by atoms with E-state index in [0.29, 0.717) is 11.1 Å². The van der Waals surface area contributed by atoms with E-state index in [-0.39, 0.29) is 11.3 Å². The highest BCUT2D eigenvalue weighted by Gasteiger charge is 2.37. The first-order chi connectivity index (χ1) is 9.61. The molecule has 0 aliphatic carbocycles. The van der Waals surface area contributed by atoms with E-state index in [9.17, 15) is 14.4 Å². The first kappa shape index (κ1) is 12.6. The van der Waals surface area contributed by atoms with Gasteiger partial charge in [0.2, 0.25) is 0 Å². The van der Waals surface area contributed by atoms with Crippen molar-refractivity contribution in [1.82, 2.24) is 0 Å². The third kappa shape index (κ3) is 1.73. The zero-order valence-corrected chi connectivity index (χ0v) is 10.9. The molecule has 0 saturated carbocycles. The Morgan fingerprint density at radius 3 is 1.90 bits per heavy atom. The van der Waals surface area contributed by atoms with Crippen LogP contribution in [0.4, 0.5) is 5.69 Å². The van der Waals surface area contributed by atoms with Crippen molar-refractivity contribution in [2.24, 2.45) is 0 Å². The molecule has 0 fully saturated rings. The summed E-state index contributed by atoms with van der Waals surface area (Å²) < 4.78 is 0. The van der Waals surface area contributed by atoms with E-state index in [4.69, 9.17) is 11.6 Å². The number of nitrogens with zero attached hydrogens (tertiary/aromatic N) is 1. The average Bonchev–Trinajstić information content (AvgIpc) is 2.71. The van der Waals surface area contributed by atoms with Crippen LogP contribution in [0.25, 0.3) is 0 Å². The van der Waals surface area contributed by atoms with E-state index in [1.165, 1.54) is 12.1 Å². The van der Waals surface area contributed by atoms with Crippen LogP contribution in [0.15, 0.2) is 48.5 Å². The Labute approximate surface area is 119 Å². The summed E-state index contributed by atoms with van der Waals surface area (Å²) in [5, 5.41) is -0.711. The minimum atomic E-state index is -0.711. The van der Waals surface area contributed by atoms with Gasteiger partial charge < -0.3 is 0 Å². The molecule has 0 spiro atoms. The molecule has 0 radical (unpaired) electrons. The van der Waals surface area contributed by atoms with Gasteiger partial charge in [0.15, 0.2) is 0 Å². The van der Waals surface area contributed by atoms with Crippen LogP contribution in [-0.4, -0.2) is 17.1 Å². The molecule has 0 atom stereocenters. The van der Waals surface area contributed by atoms with Crippen molar-refractivity contribution in [2.45, 2.75) is 0 Å². The molecule has 0 N–H and O–H groups in total. The molecule has 1 aliphatic heterocycles. The second kappa shape index (κ2) is 4.58. The van der Waals surface area contributed by atoms with E-state index >= 15 is 0 Å². The minimum Gasteiger partial charge on any atom is -0.276 e. The molecule has 1 heterocycles. The number of amides is 2. The predicted octanol–water partition coefficient (Wildman–Crippen LogP) is 2.87. The van der Waals surface area contributed by atoms with Crippen LogP contribution in [0.1, 0.15) is 31.1 Å². The number of hydrogen-bond acceptors (Lipinski definition) is 3. The topological polar surface area (TPSA) is 54.5 Å². The minimum absolute atomic E-state index is 0.128. The summed E-state index contributed by atoms with van der Waals surface area (Å²) >= 11 is 5.51. The zero-order valence-electron chi connectivity index (χ0n) is 10.2. The van der Waals surface area contributed by atoms with Crippen molar-refractivity contribution in [3.8, 4) is 0 Å². The summed E-state index contributed by atoms with van der Waals surface area (Å²) in [5.41, 5.74) is 0.992. The lowest BCUT2D eigenvalue weighted by atomic mass is 10.1. The van der Waals surface area contributed by atoms with Crippen molar-refractivity contribution >= 4 is 34.3 Å². The van der Waals surface area contributed by atoms with Crippen LogP contribution in [0, 0.1) is 0 Å². The van der Waals surface area contributed by atoms with Crippen LogP contribution in [0.5, 0.6) is 0 Å². The van der Waals surface area contributed by atoms with Crippen LogP contribution >= 0.6 is 11.6 Å². The molecule has 1 aliphatic rings. The molecule has 0 aromatic heterocycles. The maximum Gasteiger partial charge on any atom is 0.266 e. The van der Waals surface area contributed by atoms with Crippen molar-refractivity contribution in [2.75, 3.05) is 4.90 Å². The predicted molar refractivity (Wildman–Crippen MR) is 74.2 cm³/mol. The largest absolute Gasteiger partial charge is 0.276 e. The molecule has 98 valence electrons. The number of benzene rings is 2. The third-order valence-corrected chi connectivity index (χ3v) is 3.35. The Morgan fingerprint density at radius 1 is 0.850 bits per heavy atom. The SMILES string of the molecule is O=C(Cl)c1ccccc1N1C(=O)c2ccccc2C1=O. The molecule has 5 heteroatoms. The average molecular weight is 286 g/mol. The fourth-order valence-electron chi connectivity index (χ4n) is 2.24. The summed E-state index contributed by atoms with van der Waals surface area (Å²) in [4.78, 5) is 37.1. The Kier molecular flexibility index (Phi) is 2.88. The lowest BCUT2D eigenvalue weighted by Crippen LogP contribution is -2.30. The Balaban J connectivity index is 2.17. The number of rotatable bonds is 2. The Bertz CT molecular complexity index is 719. The molecule has 0 bridgehead atoms. The fourth-order valence-corrected chi connectivity index (χ4v) is 2.40. The number of carbonyl (C=O) groups is 3. The van der Waals surface area contributed by atoms with Crippen LogP contribution in [-0.2, 0) is 0 Å². The lowest BCUT2D eigenvalue weighted by molar-refractivity contribution is 0.0926. The highest BCUT2D eigenvalue weighted by atomic mass is 35.5. The van der Waals surface area contributed by atoms with Gasteiger partial charge in [0.25, 0.3) is 17.1 Å². The Hall–Kier alpha value is -2.46. The molecule has 0 unspecified atom stereocenters. The van der Waals surface area contributed by atoms with E-state index in [1.807, 2.05) is 0 Å². The summed E-state index contributed by atoms with van der Waals surface area (Å²) in [6.45, 7) is 0. The zero-order chi connectivity index (χ0) is 14.3. The van der Waals surface area contributed by atoms with E-state index < -0.39 is 17.1 Å². The number of anilines is 1. The maximum atomic E-state index is 12.3. The molecular formula is C15H8ClNO3. The smallest absolute Gasteiger partial charge is 0.266 e. The lowest BCUT2D eigenvalue weighted by Gasteiger charge is -2.16. The number of fused-ring (bicyclic) bond motifs is 1. The van der Waals surface area contributed by atoms with Gasteiger partial charge in [-0.05, 0) is 35.9 Å². The van der Waals surface area contributed by atoms with Gasteiger partial charge in [-0.2, -0.15) is 0 Å². The highest BCUT2D eigenvalue weighted by molar-refractivity contribution is 6.68. The van der Waals surface area contributed by atoms with Crippen molar-refractivity contribution < 1.29 is 14.4 Å². The van der Waals surface area contributed by atoms with Gasteiger partial charge in [-0.3, -0.25) is 14.4 Å². The molecular weight excluding hydrogens is 278 g/mol. The first-order valence-electron chi connectivity index (χ1n) is 5.88. The first-order valence-corrected chi connectivity index (χ1v) is 6.25. The monoisotopic (exact) mass is 285 g/mol. The second-order valence-corrected chi connectivity index (χ2v) is 4.63. The van der Waals surface area contributed by atoms with E-state index in [0.717, 1.165) is 4.90 Å². The number of para-hydroxylation sites is 1. The van der Waals surface area contributed by atoms with Crippen LogP contribution in [0.2, 0.25) is 0 Å². The number of carbonyl (C=O) groups excluding carboxylic acids is 3. The van der Waals surface area contributed by atoms with E-state index in [1.54, 1.807) is 36.4 Å². The summed E-state index contributed by atoms with van der Waals surface area (Å²) in [6, 6.07) is 12.8. The quantitative estimate of drug-likeness (QED) is 0.630. The maximum absolute atomic E-state index is 12.3. The molecule has 0 saturated heterocycles. The summed E-state index contributed by atoms with van der Waals surface area (Å²) in [6.07, 6.45) is 0. The summed E-state index contributed by atoms with van der Waals surface area (Å²) in [5.74, 6) is -0.896. The third-order valence-electron chi connectivity index (χ3n) is 3.15. The second-order valence-electron chi connectivity index (χ2n) is 4.28. The van der Waals surface area contributed by atoms with E-state index in [2.05, 4.69) is 0 Å². The molecule has 4 nitrogen and oxygen atoms in total. The summed E-state index contributed by atoms with van der Waals surface area (Å²) in [7, 11) is 0. The van der Waals surface area contributed by atoms with Crippen molar-refractivity contribution in [3.63, 3.8) is 0 Å². The molecule has 2 aromatic carbocycles. The number of imide groups is 1. The number of halogens is 1.